The molecule has 0 bridgehead atoms. The summed E-state index contributed by atoms with van der Waals surface area (Å²) >= 11 is 6.00. The van der Waals surface area contributed by atoms with Crippen molar-refractivity contribution in [3.8, 4) is 0 Å². The first-order chi connectivity index (χ1) is 9.47. The van der Waals surface area contributed by atoms with Crippen LogP contribution in [0.4, 0.5) is 10.1 Å². The van der Waals surface area contributed by atoms with Gasteiger partial charge in [0.15, 0.2) is 0 Å². The molecular formula is C15H15ClFN3. The molecule has 2 aromatic carbocycles. The molecule has 0 radical (unpaired) electrons. The van der Waals surface area contributed by atoms with Crippen molar-refractivity contribution in [2.24, 2.45) is 5.73 Å². The van der Waals surface area contributed by atoms with Crippen LogP contribution in [-0.4, -0.2) is 12.9 Å². The summed E-state index contributed by atoms with van der Waals surface area (Å²) in [5, 5.41) is 8.19. The highest BCUT2D eigenvalue weighted by atomic mass is 35.5. The van der Waals surface area contributed by atoms with E-state index in [2.05, 4.69) is 0 Å². The Bertz CT molecular complexity index is 626. The summed E-state index contributed by atoms with van der Waals surface area (Å²) in [6.45, 7) is 0.570. The van der Waals surface area contributed by atoms with Gasteiger partial charge in [-0.05, 0) is 35.9 Å². The lowest BCUT2D eigenvalue weighted by atomic mass is 10.1. The van der Waals surface area contributed by atoms with Gasteiger partial charge in [-0.2, -0.15) is 0 Å². The first-order valence-corrected chi connectivity index (χ1v) is 6.44. The molecule has 3 N–H and O–H groups in total. The summed E-state index contributed by atoms with van der Waals surface area (Å²) < 4.78 is 12.9. The summed E-state index contributed by atoms with van der Waals surface area (Å²) in [7, 11) is 1.88. The van der Waals surface area contributed by atoms with Crippen LogP contribution >= 0.6 is 11.6 Å². The van der Waals surface area contributed by atoms with Crippen molar-refractivity contribution in [2.45, 2.75) is 6.54 Å². The van der Waals surface area contributed by atoms with Gasteiger partial charge < -0.3 is 10.6 Å². The minimum atomic E-state index is -0.261. The van der Waals surface area contributed by atoms with E-state index in [0.717, 1.165) is 11.3 Å². The maximum atomic E-state index is 12.9. The van der Waals surface area contributed by atoms with Crippen molar-refractivity contribution in [3.05, 3.63) is 64.4 Å². The van der Waals surface area contributed by atoms with Gasteiger partial charge in [0.1, 0.15) is 11.7 Å². The van der Waals surface area contributed by atoms with Gasteiger partial charge in [0.05, 0.1) is 0 Å². The Kier molecular flexibility index (Phi) is 4.25. The predicted molar refractivity (Wildman–Crippen MR) is 81.0 cm³/mol. The third kappa shape index (κ3) is 3.27. The molecule has 0 aliphatic heterocycles. The fraction of sp³-hybridized carbons (Fsp3) is 0.133. The number of hydrogen-bond acceptors (Lipinski definition) is 2. The van der Waals surface area contributed by atoms with E-state index in [1.54, 1.807) is 30.3 Å². The molecule has 0 spiro atoms. The molecule has 0 aromatic heterocycles. The third-order valence-electron chi connectivity index (χ3n) is 2.99. The molecule has 0 atom stereocenters. The zero-order valence-corrected chi connectivity index (χ0v) is 11.8. The third-order valence-corrected chi connectivity index (χ3v) is 3.23. The molecule has 2 rings (SSSR count). The number of nitrogens with two attached hydrogens (primary N) is 1. The zero-order chi connectivity index (χ0) is 14.7. The monoisotopic (exact) mass is 291 g/mol. The van der Waals surface area contributed by atoms with Crippen LogP contribution < -0.4 is 10.6 Å². The van der Waals surface area contributed by atoms with Gasteiger partial charge in [-0.15, -0.1) is 0 Å². The van der Waals surface area contributed by atoms with Crippen molar-refractivity contribution in [1.82, 2.24) is 0 Å². The Morgan fingerprint density at radius 2 is 1.90 bits per heavy atom. The van der Waals surface area contributed by atoms with E-state index >= 15 is 0 Å². The van der Waals surface area contributed by atoms with Crippen LogP contribution in [0.15, 0.2) is 42.5 Å². The minimum Gasteiger partial charge on any atom is -0.384 e. The minimum absolute atomic E-state index is 0.0115. The topological polar surface area (TPSA) is 53.1 Å². The summed E-state index contributed by atoms with van der Waals surface area (Å²) in [5.41, 5.74) is 7.94. The van der Waals surface area contributed by atoms with E-state index in [4.69, 9.17) is 22.7 Å². The average molecular weight is 292 g/mol. The van der Waals surface area contributed by atoms with Gasteiger partial charge in [-0.25, -0.2) is 4.39 Å². The quantitative estimate of drug-likeness (QED) is 0.670. The Morgan fingerprint density at radius 3 is 2.50 bits per heavy atom. The number of anilines is 1. The second-order valence-corrected chi connectivity index (χ2v) is 4.99. The second-order valence-electron chi connectivity index (χ2n) is 4.56. The number of hydrogen-bond donors (Lipinski definition) is 2. The molecular weight excluding hydrogens is 277 g/mol. The molecule has 2 aromatic rings. The number of nitrogen functional groups attached to an aromatic ring is 1. The van der Waals surface area contributed by atoms with Crippen LogP contribution in [0.1, 0.15) is 11.1 Å². The average Bonchev–Trinajstić information content (AvgIpc) is 2.41. The Morgan fingerprint density at radius 1 is 1.25 bits per heavy atom. The zero-order valence-electron chi connectivity index (χ0n) is 11.0. The maximum absolute atomic E-state index is 12.9. The lowest BCUT2D eigenvalue weighted by molar-refractivity contribution is 0.627. The SMILES string of the molecule is CN(Cc1ccc(F)cc1)c1cc(Cl)ccc1C(=N)N. The van der Waals surface area contributed by atoms with E-state index < -0.39 is 0 Å². The molecule has 0 aliphatic rings. The van der Waals surface area contributed by atoms with Crippen LogP contribution in [0.5, 0.6) is 0 Å². The van der Waals surface area contributed by atoms with E-state index in [0.29, 0.717) is 17.1 Å². The summed E-state index contributed by atoms with van der Waals surface area (Å²) in [4.78, 5) is 1.93. The largest absolute Gasteiger partial charge is 0.384 e. The van der Waals surface area contributed by atoms with Crippen LogP contribution in [0.3, 0.4) is 0 Å². The van der Waals surface area contributed by atoms with Crippen LogP contribution in [-0.2, 0) is 6.54 Å². The number of nitrogens with one attached hydrogen (secondary N) is 1. The van der Waals surface area contributed by atoms with Crippen molar-refractivity contribution < 1.29 is 4.39 Å². The first-order valence-electron chi connectivity index (χ1n) is 6.07. The van der Waals surface area contributed by atoms with Crippen LogP contribution in [0, 0.1) is 11.2 Å². The lowest BCUT2D eigenvalue weighted by Gasteiger charge is -2.22. The highest BCUT2D eigenvalue weighted by Crippen LogP contribution is 2.25. The number of rotatable bonds is 4. The Labute approximate surface area is 122 Å². The molecule has 0 heterocycles. The Hall–Kier alpha value is -2.07. The van der Waals surface area contributed by atoms with Crippen LogP contribution in [0.25, 0.3) is 0 Å². The van der Waals surface area contributed by atoms with Gasteiger partial charge in [0.2, 0.25) is 0 Å². The van der Waals surface area contributed by atoms with E-state index in [1.165, 1.54) is 12.1 Å². The normalized spacial score (nSPS) is 10.3. The van der Waals surface area contributed by atoms with Gasteiger partial charge in [-0.1, -0.05) is 23.7 Å². The van der Waals surface area contributed by atoms with Crippen molar-refractivity contribution in [3.63, 3.8) is 0 Å². The smallest absolute Gasteiger partial charge is 0.124 e. The maximum Gasteiger partial charge on any atom is 0.124 e. The molecule has 0 amide bonds. The predicted octanol–water partition coefficient (Wildman–Crippen LogP) is 3.40. The lowest BCUT2D eigenvalue weighted by Crippen LogP contribution is -2.22. The van der Waals surface area contributed by atoms with E-state index in [1.807, 2.05) is 11.9 Å². The standard InChI is InChI=1S/C15H15ClFN3/c1-20(9-10-2-5-12(17)6-3-10)14-8-11(16)4-7-13(14)15(18)19/h2-8H,9H2,1H3,(H3,18,19). The van der Waals surface area contributed by atoms with Gasteiger partial charge in [0, 0.05) is 29.9 Å². The molecule has 3 nitrogen and oxygen atoms in total. The molecule has 0 unspecified atom stereocenters. The van der Waals surface area contributed by atoms with Crippen LogP contribution in [0.2, 0.25) is 5.02 Å². The van der Waals surface area contributed by atoms with Gasteiger partial charge >= 0.3 is 0 Å². The van der Waals surface area contributed by atoms with Gasteiger partial charge in [0.25, 0.3) is 0 Å². The molecule has 0 saturated heterocycles. The molecule has 0 saturated carbocycles. The van der Waals surface area contributed by atoms with Crippen molar-refractivity contribution >= 4 is 23.1 Å². The molecule has 20 heavy (non-hydrogen) atoms. The summed E-state index contributed by atoms with van der Waals surface area (Å²) in [6.07, 6.45) is 0. The van der Waals surface area contributed by atoms with E-state index in [9.17, 15) is 4.39 Å². The van der Waals surface area contributed by atoms with Gasteiger partial charge in [-0.3, -0.25) is 5.41 Å². The summed E-state index contributed by atoms with van der Waals surface area (Å²) in [5.74, 6) is -0.272. The number of nitrogens with zero attached hydrogens (tertiary/aromatic N) is 1. The Balaban J connectivity index is 2.28. The molecule has 104 valence electrons. The van der Waals surface area contributed by atoms with E-state index in [-0.39, 0.29) is 11.7 Å². The second kappa shape index (κ2) is 5.92. The number of amidine groups is 1. The molecule has 0 aliphatic carbocycles. The fourth-order valence-corrected chi connectivity index (χ4v) is 2.16. The fourth-order valence-electron chi connectivity index (χ4n) is 2.00. The first kappa shape index (κ1) is 14.3. The highest BCUT2D eigenvalue weighted by molar-refractivity contribution is 6.31. The summed E-state index contributed by atoms with van der Waals surface area (Å²) in [6, 6.07) is 11.5. The number of halogens is 2. The van der Waals surface area contributed by atoms with Crippen molar-refractivity contribution in [1.29, 1.82) is 5.41 Å². The molecule has 5 heteroatoms. The number of benzene rings is 2. The van der Waals surface area contributed by atoms with Crippen molar-refractivity contribution in [2.75, 3.05) is 11.9 Å². The molecule has 0 fully saturated rings. The highest BCUT2D eigenvalue weighted by Gasteiger charge is 2.11.